The summed E-state index contributed by atoms with van der Waals surface area (Å²) in [5, 5.41) is 0.620. The van der Waals surface area contributed by atoms with E-state index < -0.39 is 0 Å². The Balaban J connectivity index is 1.98. The van der Waals surface area contributed by atoms with Gasteiger partial charge in [0.15, 0.2) is 0 Å². The first-order chi connectivity index (χ1) is 10.2. The van der Waals surface area contributed by atoms with E-state index in [0.717, 1.165) is 25.4 Å². The van der Waals surface area contributed by atoms with Crippen LogP contribution in [0, 0.1) is 5.82 Å². The largest absolute Gasteiger partial charge is 0.488 e. The molecule has 2 N–H and O–H groups in total. The highest BCUT2D eigenvalue weighted by molar-refractivity contribution is 9.10. The Morgan fingerprint density at radius 1 is 1.14 bits per heavy atom. The first-order valence-electron chi connectivity index (χ1n) is 6.47. The maximum Gasteiger partial charge on any atom is 0.133 e. The first-order valence-corrected chi connectivity index (χ1v) is 8.08. The van der Waals surface area contributed by atoms with Crippen molar-refractivity contribution in [2.24, 2.45) is 5.73 Å². The van der Waals surface area contributed by atoms with E-state index in [2.05, 4.69) is 15.9 Å². The summed E-state index contributed by atoms with van der Waals surface area (Å²) in [5.41, 5.74) is 6.63. The molecule has 0 fully saturated rings. The van der Waals surface area contributed by atoms with Gasteiger partial charge in [-0.1, -0.05) is 18.2 Å². The lowest BCUT2D eigenvalue weighted by Gasteiger charge is -2.09. The minimum absolute atomic E-state index is 0.228. The Hall–Kier alpha value is -1.43. The van der Waals surface area contributed by atoms with Crippen molar-refractivity contribution in [2.75, 3.05) is 0 Å². The smallest absolute Gasteiger partial charge is 0.133 e. The topological polar surface area (TPSA) is 35.2 Å². The molecule has 0 aliphatic carbocycles. The highest BCUT2D eigenvalue weighted by atomic mass is 79.9. The number of rotatable bonds is 4. The van der Waals surface area contributed by atoms with Crippen molar-refractivity contribution in [1.29, 1.82) is 0 Å². The molecule has 0 aliphatic rings. The van der Waals surface area contributed by atoms with Gasteiger partial charge in [-0.25, -0.2) is 4.39 Å². The molecule has 0 radical (unpaired) electrons. The fourth-order valence-electron chi connectivity index (χ4n) is 2.25. The third-order valence-corrected chi connectivity index (χ3v) is 5.12. The summed E-state index contributed by atoms with van der Waals surface area (Å²) in [4.78, 5) is 0.960. The average molecular weight is 366 g/mol. The molecular weight excluding hydrogens is 353 g/mol. The van der Waals surface area contributed by atoms with Crippen LogP contribution in [0.25, 0.3) is 10.1 Å². The second-order valence-corrected chi connectivity index (χ2v) is 6.53. The molecule has 3 aromatic rings. The van der Waals surface area contributed by atoms with E-state index in [9.17, 15) is 4.39 Å². The molecule has 3 rings (SSSR count). The van der Waals surface area contributed by atoms with Crippen molar-refractivity contribution < 1.29 is 9.13 Å². The van der Waals surface area contributed by atoms with Crippen LogP contribution in [-0.2, 0) is 13.2 Å². The third-order valence-electron chi connectivity index (χ3n) is 3.24. The summed E-state index contributed by atoms with van der Waals surface area (Å²) in [5.74, 6) is 0.505. The van der Waals surface area contributed by atoms with Crippen LogP contribution in [0.15, 0.2) is 46.9 Å². The average Bonchev–Trinajstić information content (AvgIpc) is 2.85. The molecule has 0 saturated heterocycles. The number of hydrogen-bond acceptors (Lipinski definition) is 3. The maximum absolute atomic E-state index is 14.1. The van der Waals surface area contributed by atoms with Crippen LogP contribution in [0.1, 0.15) is 10.4 Å². The van der Waals surface area contributed by atoms with Gasteiger partial charge in [-0.3, -0.25) is 0 Å². The Morgan fingerprint density at radius 3 is 2.71 bits per heavy atom. The maximum atomic E-state index is 14.1. The Kier molecular flexibility index (Phi) is 4.24. The molecule has 0 amide bonds. The lowest BCUT2D eigenvalue weighted by Crippen LogP contribution is -2.02. The molecule has 0 atom stereocenters. The Morgan fingerprint density at radius 2 is 1.95 bits per heavy atom. The predicted octanol–water partition coefficient (Wildman–Crippen LogP) is 4.84. The molecule has 0 bridgehead atoms. The van der Waals surface area contributed by atoms with Crippen molar-refractivity contribution in [2.45, 2.75) is 13.2 Å². The van der Waals surface area contributed by atoms with Gasteiger partial charge in [0.1, 0.15) is 18.2 Å². The number of nitrogens with two attached hydrogens (primary N) is 1. The monoisotopic (exact) mass is 365 g/mol. The molecule has 0 spiro atoms. The summed E-state index contributed by atoms with van der Waals surface area (Å²) in [6.45, 7) is 0.684. The molecule has 5 heteroatoms. The van der Waals surface area contributed by atoms with Crippen molar-refractivity contribution in [3.05, 3.63) is 63.2 Å². The second-order valence-electron chi connectivity index (χ2n) is 4.54. The zero-order valence-electron chi connectivity index (χ0n) is 11.1. The second kappa shape index (κ2) is 6.13. The van der Waals surface area contributed by atoms with Crippen molar-refractivity contribution in [1.82, 2.24) is 0 Å². The number of halogens is 2. The first kappa shape index (κ1) is 14.5. The van der Waals surface area contributed by atoms with E-state index in [1.165, 1.54) is 17.4 Å². The Labute approximate surface area is 134 Å². The van der Waals surface area contributed by atoms with Gasteiger partial charge in [-0.15, -0.1) is 11.3 Å². The van der Waals surface area contributed by atoms with E-state index in [-0.39, 0.29) is 5.82 Å². The molecule has 0 saturated carbocycles. The number of benzene rings is 2. The summed E-state index contributed by atoms with van der Waals surface area (Å²) in [7, 11) is 0. The van der Waals surface area contributed by atoms with E-state index in [0.29, 0.717) is 18.5 Å². The summed E-state index contributed by atoms with van der Waals surface area (Å²) < 4.78 is 21.7. The van der Waals surface area contributed by atoms with E-state index >= 15 is 0 Å². The third kappa shape index (κ3) is 2.81. The molecular formula is C16H13BrFNOS. The van der Waals surface area contributed by atoms with Crippen LogP contribution < -0.4 is 10.5 Å². The van der Waals surface area contributed by atoms with Crippen LogP contribution >= 0.6 is 27.3 Å². The summed E-state index contributed by atoms with van der Waals surface area (Å²) in [6, 6.07) is 12.7. The fourth-order valence-corrected chi connectivity index (χ4v) is 3.75. The molecule has 21 heavy (non-hydrogen) atoms. The molecule has 1 aromatic heterocycles. The van der Waals surface area contributed by atoms with Gasteiger partial charge in [0.05, 0.1) is 4.47 Å². The minimum atomic E-state index is -0.228. The van der Waals surface area contributed by atoms with Gasteiger partial charge in [0.2, 0.25) is 0 Å². The van der Waals surface area contributed by atoms with Gasteiger partial charge in [-0.2, -0.15) is 0 Å². The molecule has 2 nitrogen and oxygen atoms in total. The minimum Gasteiger partial charge on any atom is -0.488 e. The number of hydrogen-bond donors (Lipinski definition) is 1. The lowest BCUT2D eigenvalue weighted by atomic mass is 10.1. The van der Waals surface area contributed by atoms with Crippen LogP contribution in [-0.4, -0.2) is 0 Å². The van der Waals surface area contributed by atoms with Crippen LogP contribution in [0.4, 0.5) is 4.39 Å². The van der Waals surface area contributed by atoms with E-state index in [4.69, 9.17) is 10.5 Å². The standard InChI is InChI=1S/C16H13BrFNOS/c17-11-4-1-2-6-13(11)20-9-10-15(8-19)21-14-7-3-5-12(18)16(10)14/h1-7H,8-9,19H2. The van der Waals surface area contributed by atoms with E-state index in [1.54, 1.807) is 6.07 Å². The number of fused-ring (bicyclic) bond motifs is 1. The molecule has 2 aromatic carbocycles. The highest BCUT2D eigenvalue weighted by Gasteiger charge is 2.15. The number of ether oxygens (including phenoxy) is 1. The molecule has 108 valence electrons. The van der Waals surface area contributed by atoms with Crippen LogP contribution in [0.3, 0.4) is 0 Å². The van der Waals surface area contributed by atoms with Crippen molar-refractivity contribution in [3.63, 3.8) is 0 Å². The molecule has 0 aliphatic heterocycles. The van der Waals surface area contributed by atoms with Crippen LogP contribution in [0.2, 0.25) is 0 Å². The fraction of sp³-hybridized carbons (Fsp3) is 0.125. The lowest BCUT2D eigenvalue weighted by molar-refractivity contribution is 0.305. The zero-order valence-corrected chi connectivity index (χ0v) is 13.5. The SMILES string of the molecule is NCc1sc2cccc(F)c2c1COc1ccccc1Br. The zero-order chi connectivity index (χ0) is 14.8. The summed E-state index contributed by atoms with van der Waals surface area (Å²) >= 11 is 4.96. The van der Waals surface area contributed by atoms with Gasteiger partial charge in [-0.05, 0) is 40.2 Å². The highest BCUT2D eigenvalue weighted by Crippen LogP contribution is 2.34. The van der Waals surface area contributed by atoms with Crippen molar-refractivity contribution in [3.8, 4) is 5.75 Å². The van der Waals surface area contributed by atoms with Crippen LogP contribution in [0.5, 0.6) is 5.75 Å². The normalized spacial score (nSPS) is 11.0. The van der Waals surface area contributed by atoms with Gasteiger partial charge < -0.3 is 10.5 Å². The van der Waals surface area contributed by atoms with Gasteiger partial charge in [0.25, 0.3) is 0 Å². The predicted molar refractivity (Wildman–Crippen MR) is 88.1 cm³/mol. The molecule has 0 unspecified atom stereocenters. The quantitative estimate of drug-likeness (QED) is 0.717. The Bertz CT molecular complexity index is 787. The van der Waals surface area contributed by atoms with E-state index in [1.807, 2.05) is 30.3 Å². The number of para-hydroxylation sites is 1. The van der Waals surface area contributed by atoms with Gasteiger partial charge >= 0.3 is 0 Å². The number of thiophene rings is 1. The molecule has 1 heterocycles. The van der Waals surface area contributed by atoms with Gasteiger partial charge in [0, 0.05) is 27.1 Å². The summed E-state index contributed by atoms with van der Waals surface area (Å²) in [6.07, 6.45) is 0. The van der Waals surface area contributed by atoms with Crippen molar-refractivity contribution >= 4 is 37.4 Å².